The Balaban J connectivity index is 1.91. The molecule has 0 saturated carbocycles. The standard InChI is InChI=1S/C29H32N2O6S/c1-6-16-37-20-14-12-19(13-15-20)17-23-27(32)31-25(21-10-9-11-22(34-5)26(21)35-7-2)24(28(33)36-8-3)18(4)30-29(31)38-23/h9-15,17,25H,6-8,16H2,1-5H3/b23-17-/t25-/m1/s1. The van der Waals surface area contributed by atoms with Crippen LogP contribution in [-0.2, 0) is 9.53 Å². The highest BCUT2D eigenvalue weighted by atomic mass is 32.1. The molecule has 1 aliphatic rings. The highest BCUT2D eigenvalue weighted by molar-refractivity contribution is 7.07. The summed E-state index contributed by atoms with van der Waals surface area (Å²) < 4.78 is 24.6. The third-order valence-electron chi connectivity index (χ3n) is 5.98. The summed E-state index contributed by atoms with van der Waals surface area (Å²) in [5, 5.41) is 0. The lowest BCUT2D eigenvalue weighted by molar-refractivity contribution is -0.139. The molecule has 0 saturated heterocycles. The van der Waals surface area contributed by atoms with E-state index in [-0.39, 0.29) is 17.7 Å². The van der Waals surface area contributed by atoms with Gasteiger partial charge in [0.25, 0.3) is 5.56 Å². The van der Waals surface area contributed by atoms with Gasteiger partial charge in [0.1, 0.15) is 11.8 Å². The first-order valence-electron chi connectivity index (χ1n) is 12.7. The van der Waals surface area contributed by atoms with Crippen LogP contribution in [0.3, 0.4) is 0 Å². The van der Waals surface area contributed by atoms with E-state index in [9.17, 15) is 9.59 Å². The minimum absolute atomic E-state index is 0.196. The van der Waals surface area contributed by atoms with Crippen molar-refractivity contribution in [1.29, 1.82) is 0 Å². The highest BCUT2D eigenvalue weighted by Gasteiger charge is 2.35. The van der Waals surface area contributed by atoms with Crippen LogP contribution in [0.25, 0.3) is 6.08 Å². The van der Waals surface area contributed by atoms with E-state index < -0.39 is 12.0 Å². The number of para-hydroxylation sites is 1. The van der Waals surface area contributed by atoms with Gasteiger partial charge in [0, 0.05) is 5.56 Å². The predicted octanol–water partition coefficient (Wildman–Crippen LogP) is 3.99. The van der Waals surface area contributed by atoms with Gasteiger partial charge in [0.2, 0.25) is 0 Å². The Morgan fingerprint density at radius 3 is 2.50 bits per heavy atom. The van der Waals surface area contributed by atoms with Crippen molar-refractivity contribution in [2.24, 2.45) is 4.99 Å². The summed E-state index contributed by atoms with van der Waals surface area (Å²) in [7, 11) is 1.55. The van der Waals surface area contributed by atoms with Gasteiger partial charge < -0.3 is 18.9 Å². The topological polar surface area (TPSA) is 88.3 Å². The van der Waals surface area contributed by atoms with Crippen molar-refractivity contribution in [3.05, 3.63) is 84.5 Å². The first kappa shape index (κ1) is 27.2. The number of hydrogen-bond donors (Lipinski definition) is 0. The molecule has 0 spiro atoms. The van der Waals surface area contributed by atoms with Gasteiger partial charge in [-0.2, -0.15) is 0 Å². The van der Waals surface area contributed by atoms with E-state index in [2.05, 4.69) is 11.9 Å². The van der Waals surface area contributed by atoms with Crippen molar-refractivity contribution < 1.29 is 23.7 Å². The molecule has 0 radical (unpaired) electrons. The van der Waals surface area contributed by atoms with Crippen LogP contribution in [0.5, 0.6) is 17.2 Å². The maximum Gasteiger partial charge on any atom is 0.338 e. The maximum atomic E-state index is 13.9. The Morgan fingerprint density at radius 1 is 1.08 bits per heavy atom. The fraction of sp³-hybridized carbons (Fsp3) is 0.345. The van der Waals surface area contributed by atoms with Crippen molar-refractivity contribution in [3.8, 4) is 17.2 Å². The van der Waals surface area contributed by atoms with Gasteiger partial charge in [-0.15, -0.1) is 0 Å². The number of carbonyl (C=O) groups excluding carboxylic acids is 1. The number of nitrogens with zero attached hydrogens (tertiary/aromatic N) is 2. The molecule has 1 aliphatic heterocycles. The Hall–Kier alpha value is -3.85. The molecule has 0 unspecified atom stereocenters. The monoisotopic (exact) mass is 536 g/mol. The van der Waals surface area contributed by atoms with E-state index in [1.165, 1.54) is 11.3 Å². The SMILES string of the molecule is CCCOc1ccc(/C=c2\sc3n(c2=O)[C@H](c2cccc(OC)c2OCC)C(C(=O)OCC)=C(C)N=3)cc1. The Labute approximate surface area is 225 Å². The molecule has 4 rings (SSSR count). The lowest BCUT2D eigenvalue weighted by atomic mass is 9.94. The molecule has 38 heavy (non-hydrogen) atoms. The van der Waals surface area contributed by atoms with Crippen LogP contribution < -0.4 is 29.1 Å². The molecule has 0 amide bonds. The fourth-order valence-corrected chi connectivity index (χ4v) is 5.37. The molecule has 8 nitrogen and oxygen atoms in total. The fourth-order valence-electron chi connectivity index (χ4n) is 4.33. The quantitative estimate of drug-likeness (QED) is 0.364. The third kappa shape index (κ3) is 5.38. The number of allylic oxidation sites excluding steroid dienone is 1. The van der Waals surface area contributed by atoms with Gasteiger partial charge in [-0.3, -0.25) is 9.36 Å². The zero-order valence-electron chi connectivity index (χ0n) is 22.3. The summed E-state index contributed by atoms with van der Waals surface area (Å²) in [5.74, 6) is 1.23. The van der Waals surface area contributed by atoms with Crippen LogP contribution in [0.15, 0.2) is 63.5 Å². The average molecular weight is 537 g/mol. The molecule has 3 aromatic rings. The molecular weight excluding hydrogens is 504 g/mol. The van der Waals surface area contributed by atoms with E-state index in [1.54, 1.807) is 31.6 Å². The van der Waals surface area contributed by atoms with Crippen molar-refractivity contribution in [2.45, 2.75) is 40.2 Å². The number of benzene rings is 2. The Bertz CT molecular complexity index is 1520. The zero-order valence-corrected chi connectivity index (χ0v) is 23.1. The van der Waals surface area contributed by atoms with E-state index >= 15 is 0 Å². The van der Waals surface area contributed by atoms with Gasteiger partial charge in [0.15, 0.2) is 16.3 Å². The summed E-state index contributed by atoms with van der Waals surface area (Å²) in [6.45, 7) is 8.64. The van der Waals surface area contributed by atoms with Crippen molar-refractivity contribution in [3.63, 3.8) is 0 Å². The van der Waals surface area contributed by atoms with E-state index in [1.807, 2.05) is 49.4 Å². The number of rotatable bonds is 10. The van der Waals surface area contributed by atoms with Gasteiger partial charge in [0.05, 0.1) is 42.7 Å². The molecule has 2 heterocycles. The van der Waals surface area contributed by atoms with Crippen molar-refractivity contribution >= 4 is 23.4 Å². The largest absolute Gasteiger partial charge is 0.494 e. The molecule has 200 valence electrons. The molecule has 0 aliphatic carbocycles. The number of hydrogen-bond acceptors (Lipinski definition) is 8. The number of thiazole rings is 1. The van der Waals surface area contributed by atoms with Crippen LogP contribution in [0.4, 0.5) is 0 Å². The summed E-state index contributed by atoms with van der Waals surface area (Å²) >= 11 is 1.27. The van der Waals surface area contributed by atoms with Crippen LogP contribution in [-0.4, -0.2) is 37.5 Å². The average Bonchev–Trinajstić information content (AvgIpc) is 3.22. The van der Waals surface area contributed by atoms with Gasteiger partial charge >= 0.3 is 5.97 Å². The summed E-state index contributed by atoms with van der Waals surface area (Å²) in [5.41, 5.74) is 1.99. The molecular formula is C29H32N2O6S. The zero-order chi connectivity index (χ0) is 27.2. The number of methoxy groups -OCH3 is 1. The Kier molecular flexibility index (Phi) is 8.68. The van der Waals surface area contributed by atoms with Crippen molar-refractivity contribution in [1.82, 2.24) is 4.57 Å². The lowest BCUT2D eigenvalue weighted by Gasteiger charge is -2.26. The third-order valence-corrected chi connectivity index (χ3v) is 6.96. The first-order chi connectivity index (χ1) is 18.4. The van der Waals surface area contributed by atoms with Crippen LogP contribution in [0.2, 0.25) is 0 Å². The second-order valence-corrected chi connectivity index (χ2v) is 9.54. The molecule has 0 fully saturated rings. The predicted molar refractivity (Wildman–Crippen MR) is 147 cm³/mol. The summed E-state index contributed by atoms with van der Waals surface area (Å²) in [6.07, 6.45) is 2.75. The number of carbonyl (C=O) groups is 1. The molecule has 0 N–H and O–H groups in total. The first-order valence-corrected chi connectivity index (χ1v) is 13.5. The number of ether oxygens (including phenoxy) is 4. The van der Waals surface area contributed by atoms with E-state index in [4.69, 9.17) is 18.9 Å². The van der Waals surface area contributed by atoms with Crippen LogP contribution in [0.1, 0.15) is 51.3 Å². The Morgan fingerprint density at radius 2 is 1.84 bits per heavy atom. The lowest BCUT2D eigenvalue weighted by Crippen LogP contribution is -2.40. The van der Waals surface area contributed by atoms with Crippen LogP contribution in [0, 0.1) is 0 Å². The molecule has 1 aromatic heterocycles. The molecule has 9 heteroatoms. The summed E-state index contributed by atoms with van der Waals surface area (Å²) in [6, 6.07) is 12.2. The minimum atomic E-state index is -0.797. The summed E-state index contributed by atoms with van der Waals surface area (Å²) in [4.78, 5) is 32.2. The smallest absolute Gasteiger partial charge is 0.338 e. The maximum absolute atomic E-state index is 13.9. The second-order valence-electron chi connectivity index (χ2n) is 8.53. The second kappa shape index (κ2) is 12.1. The van der Waals surface area contributed by atoms with Crippen LogP contribution >= 0.6 is 11.3 Å². The number of fused-ring (bicyclic) bond motifs is 1. The normalized spacial score (nSPS) is 15.1. The van der Waals surface area contributed by atoms with Gasteiger partial charge in [-0.1, -0.05) is 42.5 Å². The van der Waals surface area contributed by atoms with Gasteiger partial charge in [-0.05, 0) is 57.0 Å². The number of esters is 1. The minimum Gasteiger partial charge on any atom is -0.494 e. The van der Waals surface area contributed by atoms with Gasteiger partial charge in [-0.25, -0.2) is 9.79 Å². The van der Waals surface area contributed by atoms with E-state index in [0.29, 0.717) is 45.3 Å². The highest BCUT2D eigenvalue weighted by Crippen LogP contribution is 2.40. The molecule has 0 bridgehead atoms. The van der Waals surface area contributed by atoms with E-state index in [0.717, 1.165) is 17.7 Å². The number of aromatic nitrogens is 1. The molecule has 1 atom stereocenters. The molecule has 2 aromatic carbocycles. The van der Waals surface area contributed by atoms with Crippen molar-refractivity contribution in [2.75, 3.05) is 26.9 Å².